The number of hydrogen-bond donors (Lipinski definition) is 2. The lowest BCUT2D eigenvalue weighted by Gasteiger charge is -2.11. The average molecular weight is 377 g/mol. The molecule has 0 fully saturated rings. The molecule has 0 amide bonds. The second-order valence-corrected chi connectivity index (χ2v) is 7.03. The molecule has 0 aliphatic heterocycles. The number of nitrogens with one attached hydrogen (secondary N) is 1. The summed E-state index contributed by atoms with van der Waals surface area (Å²) in [6, 6.07) is 6.08. The summed E-state index contributed by atoms with van der Waals surface area (Å²) >= 11 is 2.92. The highest BCUT2D eigenvalue weighted by atomic mass is 79.9. The summed E-state index contributed by atoms with van der Waals surface area (Å²) in [7, 11) is -4.14. The largest absolute Gasteiger partial charge is 0.399 e. The van der Waals surface area contributed by atoms with Crippen molar-refractivity contribution in [1.82, 2.24) is 0 Å². The lowest BCUT2D eigenvalue weighted by atomic mass is 10.2. The van der Waals surface area contributed by atoms with Gasteiger partial charge in [-0.2, -0.15) is 0 Å². The Morgan fingerprint density at radius 3 is 2.19 bits per heavy atom. The number of nitrogens with two attached hydrogens (primary N) is 1. The van der Waals surface area contributed by atoms with E-state index in [-0.39, 0.29) is 15.1 Å². The van der Waals surface area contributed by atoms with Crippen LogP contribution in [-0.4, -0.2) is 8.42 Å². The Morgan fingerprint density at radius 2 is 1.67 bits per heavy atom. The molecule has 0 aliphatic rings. The highest BCUT2D eigenvalue weighted by Gasteiger charge is 2.20. The van der Waals surface area contributed by atoms with E-state index in [0.29, 0.717) is 5.56 Å². The van der Waals surface area contributed by atoms with Crippen LogP contribution in [0.2, 0.25) is 0 Å². The van der Waals surface area contributed by atoms with Crippen molar-refractivity contribution in [2.24, 2.45) is 0 Å². The van der Waals surface area contributed by atoms with E-state index in [0.717, 1.165) is 12.1 Å². The fraction of sp³-hybridized carbons (Fsp3) is 0.0769. The van der Waals surface area contributed by atoms with Crippen LogP contribution < -0.4 is 10.5 Å². The summed E-state index contributed by atoms with van der Waals surface area (Å²) in [5, 5.41) is 0. The summed E-state index contributed by atoms with van der Waals surface area (Å²) < 4.78 is 53.8. The first kappa shape index (κ1) is 15.7. The van der Waals surface area contributed by atoms with Crippen molar-refractivity contribution in [2.75, 3.05) is 10.5 Å². The predicted octanol–water partition coefficient (Wildman–Crippen LogP) is 3.42. The van der Waals surface area contributed by atoms with Gasteiger partial charge in [-0.1, -0.05) is 15.9 Å². The van der Waals surface area contributed by atoms with Crippen molar-refractivity contribution in [1.29, 1.82) is 0 Å². The number of nitrogen functional groups attached to an aromatic ring is 1. The molecule has 0 atom stereocenters. The SMILES string of the molecule is Cc1cc(N)cc(S(=O)(=O)Nc2c(F)cc(Br)cc2F)c1. The average Bonchev–Trinajstić information content (AvgIpc) is 2.32. The van der Waals surface area contributed by atoms with E-state index in [9.17, 15) is 17.2 Å². The first-order chi connectivity index (χ1) is 9.69. The fourth-order valence-corrected chi connectivity index (χ4v) is 3.38. The Labute approximate surface area is 129 Å². The zero-order chi connectivity index (χ0) is 15.8. The Hall–Kier alpha value is -1.67. The van der Waals surface area contributed by atoms with Crippen LogP contribution in [-0.2, 0) is 10.0 Å². The molecule has 0 aromatic heterocycles. The van der Waals surface area contributed by atoms with Crippen molar-refractivity contribution < 1.29 is 17.2 Å². The van der Waals surface area contributed by atoms with Crippen molar-refractivity contribution in [3.63, 3.8) is 0 Å². The first-order valence-corrected chi connectivity index (χ1v) is 8.01. The second-order valence-electron chi connectivity index (χ2n) is 4.43. The quantitative estimate of drug-likeness (QED) is 0.806. The van der Waals surface area contributed by atoms with Gasteiger partial charge in [0.1, 0.15) is 5.69 Å². The Kier molecular flexibility index (Phi) is 4.20. The Morgan fingerprint density at radius 1 is 1.10 bits per heavy atom. The van der Waals surface area contributed by atoms with Gasteiger partial charge in [0.2, 0.25) is 0 Å². The van der Waals surface area contributed by atoms with Crippen LogP contribution in [0.3, 0.4) is 0 Å². The molecular weight excluding hydrogens is 366 g/mol. The summed E-state index contributed by atoms with van der Waals surface area (Å²) in [5.41, 5.74) is 5.71. The molecule has 2 rings (SSSR count). The molecular formula is C13H11BrF2N2O2S. The van der Waals surface area contributed by atoms with E-state index < -0.39 is 27.3 Å². The minimum Gasteiger partial charge on any atom is -0.399 e. The molecule has 2 aromatic carbocycles. The Bertz CT molecular complexity index is 767. The van der Waals surface area contributed by atoms with Gasteiger partial charge in [-0.05, 0) is 42.8 Å². The van der Waals surface area contributed by atoms with Crippen molar-refractivity contribution in [3.05, 3.63) is 52.0 Å². The van der Waals surface area contributed by atoms with E-state index in [1.165, 1.54) is 12.1 Å². The van der Waals surface area contributed by atoms with Crippen LogP contribution in [0.25, 0.3) is 0 Å². The number of rotatable bonds is 3. The standard InChI is InChI=1S/C13H11BrF2N2O2S/c1-7-2-9(17)6-10(3-7)21(19,20)18-13-11(15)4-8(14)5-12(13)16/h2-6,18H,17H2,1H3. The molecule has 0 heterocycles. The van der Waals surface area contributed by atoms with Gasteiger partial charge in [0.15, 0.2) is 11.6 Å². The Balaban J connectivity index is 2.47. The molecule has 0 radical (unpaired) electrons. The van der Waals surface area contributed by atoms with Crippen molar-refractivity contribution >= 4 is 37.3 Å². The molecule has 4 nitrogen and oxygen atoms in total. The third-order valence-corrected chi connectivity index (χ3v) is 4.41. The van der Waals surface area contributed by atoms with Gasteiger partial charge < -0.3 is 5.73 Å². The number of hydrogen-bond acceptors (Lipinski definition) is 3. The molecule has 0 aliphatic carbocycles. The van der Waals surface area contributed by atoms with Gasteiger partial charge in [0.05, 0.1) is 4.90 Å². The highest BCUT2D eigenvalue weighted by molar-refractivity contribution is 9.10. The lowest BCUT2D eigenvalue weighted by molar-refractivity contribution is 0.582. The molecule has 0 spiro atoms. The normalized spacial score (nSPS) is 11.4. The number of sulfonamides is 1. The maximum atomic E-state index is 13.7. The smallest absolute Gasteiger partial charge is 0.262 e. The second kappa shape index (κ2) is 5.61. The molecule has 0 bridgehead atoms. The number of benzene rings is 2. The summed E-state index contributed by atoms with van der Waals surface area (Å²) in [6.45, 7) is 1.66. The minimum absolute atomic E-state index is 0.165. The van der Waals surface area contributed by atoms with E-state index in [4.69, 9.17) is 5.73 Å². The topological polar surface area (TPSA) is 72.2 Å². The zero-order valence-corrected chi connectivity index (χ0v) is 13.2. The van der Waals surface area contributed by atoms with Gasteiger partial charge in [-0.25, -0.2) is 17.2 Å². The third-order valence-electron chi connectivity index (χ3n) is 2.63. The van der Waals surface area contributed by atoms with Crippen LogP contribution in [0, 0.1) is 18.6 Å². The lowest BCUT2D eigenvalue weighted by Crippen LogP contribution is -2.15. The fourth-order valence-electron chi connectivity index (χ4n) is 1.76. The first-order valence-electron chi connectivity index (χ1n) is 5.73. The number of anilines is 2. The molecule has 8 heteroatoms. The maximum Gasteiger partial charge on any atom is 0.262 e. The monoisotopic (exact) mass is 376 g/mol. The molecule has 2 aromatic rings. The van der Waals surface area contributed by atoms with E-state index in [1.54, 1.807) is 13.0 Å². The molecule has 0 unspecified atom stereocenters. The highest BCUT2D eigenvalue weighted by Crippen LogP contribution is 2.27. The minimum atomic E-state index is -4.14. The van der Waals surface area contributed by atoms with Crippen molar-refractivity contribution in [2.45, 2.75) is 11.8 Å². The van der Waals surface area contributed by atoms with E-state index in [2.05, 4.69) is 15.9 Å². The van der Waals surface area contributed by atoms with Gasteiger partial charge in [-0.15, -0.1) is 0 Å². The third kappa shape index (κ3) is 3.51. The zero-order valence-electron chi connectivity index (χ0n) is 10.8. The van der Waals surface area contributed by atoms with Crippen LogP contribution in [0.5, 0.6) is 0 Å². The molecule has 21 heavy (non-hydrogen) atoms. The van der Waals surface area contributed by atoms with Gasteiger partial charge in [0.25, 0.3) is 10.0 Å². The van der Waals surface area contributed by atoms with Gasteiger partial charge >= 0.3 is 0 Å². The van der Waals surface area contributed by atoms with E-state index in [1.807, 2.05) is 4.72 Å². The van der Waals surface area contributed by atoms with Crippen molar-refractivity contribution in [3.8, 4) is 0 Å². The molecule has 0 saturated carbocycles. The summed E-state index contributed by atoms with van der Waals surface area (Å²) in [5.74, 6) is -2.04. The molecule has 3 N–H and O–H groups in total. The van der Waals surface area contributed by atoms with E-state index >= 15 is 0 Å². The predicted molar refractivity (Wildman–Crippen MR) is 80.5 cm³/mol. The van der Waals surface area contributed by atoms with Crippen LogP contribution in [0.4, 0.5) is 20.2 Å². The van der Waals surface area contributed by atoms with Crippen LogP contribution in [0.15, 0.2) is 39.7 Å². The summed E-state index contributed by atoms with van der Waals surface area (Å²) in [4.78, 5) is -0.165. The maximum absolute atomic E-state index is 13.7. The number of aryl methyl sites for hydroxylation is 1. The summed E-state index contributed by atoms with van der Waals surface area (Å²) in [6.07, 6.45) is 0. The number of halogens is 3. The molecule has 0 saturated heterocycles. The van der Waals surface area contributed by atoms with Crippen LogP contribution in [0.1, 0.15) is 5.56 Å². The molecule has 112 valence electrons. The van der Waals surface area contributed by atoms with Gasteiger partial charge in [0, 0.05) is 10.2 Å². The van der Waals surface area contributed by atoms with Crippen LogP contribution >= 0.6 is 15.9 Å². The van der Waals surface area contributed by atoms with Gasteiger partial charge in [-0.3, -0.25) is 4.72 Å².